The molecule has 0 saturated carbocycles. The summed E-state index contributed by atoms with van der Waals surface area (Å²) in [6.07, 6.45) is 0. The van der Waals surface area contributed by atoms with Crippen molar-refractivity contribution < 1.29 is 14.7 Å². The van der Waals surface area contributed by atoms with Crippen molar-refractivity contribution in [3.8, 4) is 5.88 Å². The molecule has 0 atom stereocenters. The predicted molar refractivity (Wildman–Crippen MR) is 63.6 cm³/mol. The van der Waals surface area contributed by atoms with Crippen LogP contribution in [0.25, 0.3) is 0 Å². The molecule has 1 aromatic heterocycles. The molecule has 0 radical (unpaired) electrons. The third kappa shape index (κ3) is 3.32. The normalized spacial score (nSPS) is 11.6. The monoisotopic (exact) mass is 239 g/mol. The smallest absolute Gasteiger partial charge is 0.225 e. The lowest BCUT2D eigenvalue weighted by molar-refractivity contribution is 0.143. The molecular formula is C11H17N3O3. The Balaban J connectivity index is 3.07. The number of nitrogens with zero attached hydrogens (tertiary/aromatic N) is 2. The topological polar surface area (TPSA) is 90.0 Å². The molecule has 3 N–H and O–H groups in total. The fourth-order valence-corrected chi connectivity index (χ4v) is 1.49. The summed E-state index contributed by atoms with van der Waals surface area (Å²) < 4.78 is 10.3. The van der Waals surface area contributed by atoms with E-state index in [4.69, 9.17) is 20.4 Å². The van der Waals surface area contributed by atoms with Crippen molar-refractivity contribution in [1.82, 2.24) is 4.98 Å². The first-order chi connectivity index (χ1) is 8.10. The van der Waals surface area contributed by atoms with Gasteiger partial charge in [-0.15, -0.1) is 0 Å². The van der Waals surface area contributed by atoms with E-state index in [-0.39, 0.29) is 5.84 Å². The van der Waals surface area contributed by atoms with Gasteiger partial charge in [0, 0.05) is 12.8 Å². The van der Waals surface area contributed by atoms with Crippen molar-refractivity contribution in [1.29, 1.82) is 0 Å². The van der Waals surface area contributed by atoms with Gasteiger partial charge in [-0.2, -0.15) is 0 Å². The summed E-state index contributed by atoms with van der Waals surface area (Å²) in [5.74, 6) is 0.345. The molecule has 0 amide bonds. The molecule has 0 saturated heterocycles. The zero-order valence-electron chi connectivity index (χ0n) is 10.2. The second-order valence-electron chi connectivity index (χ2n) is 3.59. The number of pyridine rings is 1. The fourth-order valence-electron chi connectivity index (χ4n) is 1.49. The number of aromatic nitrogens is 1. The summed E-state index contributed by atoms with van der Waals surface area (Å²) in [5, 5.41) is 11.7. The van der Waals surface area contributed by atoms with Gasteiger partial charge < -0.3 is 20.4 Å². The van der Waals surface area contributed by atoms with Gasteiger partial charge in [-0.25, -0.2) is 4.98 Å². The number of ether oxygens (including phenoxy) is 2. The summed E-state index contributed by atoms with van der Waals surface area (Å²) in [4.78, 5) is 4.23. The maximum atomic E-state index is 8.73. The minimum Gasteiger partial charge on any atom is -0.475 e. The van der Waals surface area contributed by atoms with Gasteiger partial charge in [0.2, 0.25) is 5.88 Å². The van der Waals surface area contributed by atoms with Gasteiger partial charge >= 0.3 is 0 Å². The van der Waals surface area contributed by atoms with Gasteiger partial charge in [-0.3, -0.25) is 0 Å². The second kappa shape index (κ2) is 6.05. The number of hydrogen-bond donors (Lipinski definition) is 2. The van der Waals surface area contributed by atoms with E-state index in [0.717, 1.165) is 11.3 Å². The van der Waals surface area contributed by atoms with Gasteiger partial charge in [0.25, 0.3) is 0 Å². The average molecular weight is 239 g/mol. The van der Waals surface area contributed by atoms with Crippen LogP contribution in [0.1, 0.15) is 16.8 Å². The fraction of sp³-hybridized carbons (Fsp3) is 0.455. The van der Waals surface area contributed by atoms with E-state index in [0.29, 0.717) is 24.7 Å². The lowest BCUT2D eigenvalue weighted by Gasteiger charge is -2.12. The Morgan fingerprint density at radius 2 is 2.18 bits per heavy atom. The molecule has 94 valence electrons. The Morgan fingerprint density at radius 3 is 2.76 bits per heavy atom. The molecule has 1 aromatic rings. The van der Waals surface area contributed by atoms with E-state index in [2.05, 4.69) is 10.1 Å². The lowest BCUT2D eigenvalue weighted by Crippen LogP contribution is -2.18. The molecule has 6 heteroatoms. The van der Waals surface area contributed by atoms with E-state index in [1.807, 2.05) is 19.9 Å². The van der Waals surface area contributed by atoms with Crippen LogP contribution >= 0.6 is 0 Å². The third-order valence-electron chi connectivity index (χ3n) is 2.20. The van der Waals surface area contributed by atoms with Gasteiger partial charge in [0.1, 0.15) is 6.61 Å². The van der Waals surface area contributed by atoms with Crippen LogP contribution in [-0.2, 0) is 4.74 Å². The van der Waals surface area contributed by atoms with Crippen molar-refractivity contribution in [2.24, 2.45) is 10.9 Å². The first-order valence-corrected chi connectivity index (χ1v) is 5.18. The van der Waals surface area contributed by atoms with Crippen molar-refractivity contribution in [2.75, 3.05) is 20.3 Å². The lowest BCUT2D eigenvalue weighted by atomic mass is 10.1. The number of nitrogens with two attached hydrogens (primary N) is 1. The molecule has 0 fully saturated rings. The van der Waals surface area contributed by atoms with Crippen LogP contribution in [0.15, 0.2) is 11.2 Å². The summed E-state index contributed by atoms with van der Waals surface area (Å²) in [6.45, 7) is 4.51. The number of rotatable bonds is 5. The zero-order chi connectivity index (χ0) is 12.8. The molecule has 0 aliphatic rings. The largest absolute Gasteiger partial charge is 0.475 e. The Hall–Kier alpha value is -1.82. The molecule has 0 aromatic carbocycles. The first-order valence-electron chi connectivity index (χ1n) is 5.18. The molecule has 0 aliphatic carbocycles. The van der Waals surface area contributed by atoms with Crippen LogP contribution in [0.3, 0.4) is 0 Å². The molecule has 1 heterocycles. The van der Waals surface area contributed by atoms with Crippen molar-refractivity contribution in [2.45, 2.75) is 13.8 Å². The maximum absolute atomic E-state index is 8.73. The Kier molecular flexibility index (Phi) is 4.71. The minimum absolute atomic E-state index is 0.0117. The SMILES string of the molecule is COCCOc1nc(C)cc(C)c1C(N)=NO. The Morgan fingerprint density at radius 1 is 1.47 bits per heavy atom. The molecule has 0 unspecified atom stereocenters. The van der Waals surface area contributed by atoms with Gasteiger partial charge in [0.05, 0.1) is 12.2 Å². The van der Waals surface area contributed by atoms with Gasteiger partial charge in [-0.1, -0.05) is 5.16 Å². The highest BCUT2D eigenvalue weighted by atomic mass is 16.5. The highest BCUT2D eigenvalue weighted by Crippen LogP contribution is 2.20. The molecule has 1 rings (SSSR count). The van der Waals surface area contributed by atoms with Gasteiger partial charge in [0.15, 0.2) is 5.84 Å². The van der Waals surface area contributed by atoms with Crippen LogP contribution in [0.2, 0.25) is 0 Å². The first kappa shape index (κ1) is 13.2. The molecular weight excluding hydrogens is 222 g/mol. The van der Waals surface area contributed by atoms with Crippen LogP contribution < -0.4 is 10.5 Å². The number of amidine groups is 1. The average Bonchev–Trinajstić information content (AvgIpc) is 2.28. The van der Waals surface area contributed by atoms with E-state index >= 15 is 0 Å². The number of hydrogen-bond acceptors (Lipinski definition) is 5. The van der Waals surface area contributed by atoms with Crippen molar-refractivity contribution >= 4 is 5.84 Å². The Labute approximate surface area is 100 Å². The van der Waals surface area contributed by atoms with Crippen LogP contribution in [0, 0.1) is 13.8 Å². The molecule has 0 spiro atoms. The summed E-state index contributed by atoms with van der Waals surface area (Å²) in [7, 11) is 1.59. The summed E-state index contributed by atoms with van der Waals surface area (Å²) in [6, 6.07) is 1.84. The van der Waals surface area contributed by atoms with E-state index in [9.17, 15) is 0 Å². The molecule has 17 heavy (non-hydrogen) atoms. The van der Waals surface area contributed by atoms with Gasteiger partial charge in [-0.05, 0) is 25.5 Å². The predicted octanol–water partition coefficient (Wildman–Crippen LogP) is 0.818. The van der Waals surface area contributed by atoms with E-state index in [1.165, 1.54) is 0 Å². The van der Waals surface area contributed by atoms with Crippen LogP contribution in [-0.4, -0.2) is 36.4 Å². The summed E-state index contributed by atoms with van der Waals surface area (Å²) >= 11 is 0. The number of aryl methyl sites for hydroxylation is 2. The van der Waals surface area contributed by atoms with E-state index < -0.39 is 0 Å². The number of oxime groups is 1. The minimum atomic E-state index is -0.0117. The maximum Gasteiger partial charge on any atom is 0.225 e. The van der Waals surface area contributed by atoms with Crippen molar-refractivity contribution in [3.63, 3.8) is 0 Å². The molecule has 6 nitrogen and oxygen atoms in total. The molecule has 0 aliphatic heterocycles. The standard InChI is InChI=1S/C11H17N3O3/c1-7-6-8(2)13-11(17-5-4-16-3)9(7)10(12)14-15/h6,15H,4-5H2,1-3H3,(H2,12,14). The number of methoxy groups -OCH3 is 1. The van der Waals surface area contributed by atoms with Crippen molar-refractivity contribution in [3.05, 3.63) is 22.9 Å². The van der Waals surface area contributed by atoms with Crippen LogP contribution in [0.4, 0.5) is 0 Å². The zero-order valence-corrected chi connectivity index (χ0v) is 10.2. The highest BCUT2D eigenvalue weighted by Gasteiger charge is 2.14. The molecule has 0 bridgehead atoms. The quantitative estimate of drug-likeness (QED) is 0.261. The van der Waals surface area contributed by atoms with Crippen LogP contribution in [0.5, 0.6) is 5.88 Å². The highest BCUT2D eigenvalue weighted by molar-refractivity contribution is 6.00. The Bertz CT molecular complexity index is 419. The second-order valence-corrected chi connectivity index (χ2v) is 3.59. The third-order valence-corrected chi connectivity index (χ3v) is 2.20. The summed E-state index contributed by atoms with van der Waals surface area (Å²) in [5.41, 5.74) is 7.76. The van der Waals surface area contributed by atoms with E-state index in [1.54, 1.807) is 7.11 Å².